The first-order valence-electron chi connectivity index (χ1n) is 9.93. The summed E-state index contributed by atoms with van der Waals surface area (Å²) in [5.41, 5.74) is 0.801. The molecule has 5 rings (SSSR count). The lowest BCUT2D eigenvalue weighted by molar-refractivity contribution is 0.300. The van der Waals surface area contributed by atoms with Crippen LogP contribution >= 0.6 is 42.6 Å². The second-order valence-electron chi connectivity index (χ2n) is 7.07. The van der Waals surface area contributed by atoms with Gasteiger partial charge >= 0.3 is 7.82 Å². The van der Waals surface area contributed by atoms with Crippen molar-refractivity contribution in [2.45, 2.75) is 0 Å². The molecule has 0 aliphatic heterocycles. The molecule has 0 aliphatic carbocycles. The summed E-state index contributed by atoms with van der Waals surface area (Å²) in [5, 5.41) is 2.68. The molecule has 0 unspecified atom stereocenters. The van der Waals surface area contributed by atoms with E-state index in [2.05, 4.69) is 9.97 Å². The van der Waals surface area contributed by atoms with Crippen LogP contribution < -0.4 is 13.6 Å². The van der Waals surface area contributed by atoms with Crippen LogP contribution in [-0.4, -0.2) is 9.97 Å². The minimum absolute atomic E-state index is 0.170. The van der Waals surface area contributed by atoms with Crippen molar-refractivity contribution in [2.75, 3.05) is 0 Å². The molecule has 34 heavy (non-hydrogen) atoms. The molecule has 10 heteroatoms. The third kappa shape index (κ3) is 4.63. The summed E-state index contributed by atoms with van der Waals surface area (Å²) in [6.07, 6.45) is 3.15. The average molecular weight is 532 g/mol. The van der Waals surface area contributed by atoms with Crippen LogP contribution in [0.1, 0.15) is 0 Å². The molecule has 6 nitrogen and oxygen atoms in total. The zero-order chi connectivity index (χ0) is 23.7. The smallest absolute Gasteiger partial charge is 0.386 e. The lowest BCUT2D eigenvalue weighted by Crippen LogP contribution is -2.08. The molecule has 5 aromatic rings. The maximum Gasteiger partial charge on any atom is 0.647 e. The standard InChI is InChI=1S/C24H14Cl3N2O4P/c25-15-5-7-16(8-6-15)31-34(30,32-21-11-9-19(26)17-3-1-13-28-23(17)21)33-22-12-10-20(27)18-4-2-14-29-24(18)22/h1-14H. The van der Waals surface area contributed by atoms with Crippen molar-refractivity contribution in [2.24, 2.45) is 0 Å². The Balaban J connectivity index is 1.60. The number of phosphoric ester groups is 1. The number of halogens is 3. The van der Waals surface area contributed by atoms with E-state index in [4.69, 9.17) is 48.4 Å². The van der Waals surface area contributed by atoms with Crippen LogP contribution in [0, 0.1) is 0 Å². The lowest BCUT2D eigenvalue weighted by atomic mass is 10.2. The van der Waals surface area contributed by atoms with Crippen LogP contribution in [-0.2, 0) is 4.57 Å². The Hall–Kier alpha value is -3.02. The van der Waals surface area contributed by atoms with Gasteiger partial charge in [0.2, 0.25) is 0 Å². The van der Waals surface area contributed by atoms with E-state index in [1.807, 2.05) is 0 Å². The number of pyridine rings is 2. The fourth-order valence-corrected chi connectivity index (χ4v) is 5.12. The van der Waals surface area contributed by atoms with Crippen molar-refractivity contribution in [3.63, 3.8) is 0 Å². The molecule has 0 saturated carbocycles. The Labute approximate surface area is 209 Å². The van der Waals surface area contributed by atoms with Crippen LogP contribution in [0.4, 0.5) is 0 Å². The Kier molecular flexibility index (Phi) is 6.24. The fourth-order valence-electron chi connectivity index (χ4n) is 3.29. The molecule has 0 amide bonds. The van der Waals surface area contributed by atoms with Gasteiger partial charge in [-0.1, -0.05) is 34.8 Å². The summed E-state index contributed by atoms with van der Waals surface area (Å²) in [4.78, 5) is 8.65. The van der Waals surface area contributed by atoms with Gasteiger partial charge in [0.05, 0.1) is 10.0 Å². The van der Waals surface area contributed by atoms with E-state index in [1.54, 1.807) is 85.2 Å². The van der Waals surface area contributed by atoms with Crippen LogP contribution in [0.3, 0.4) is 0 Å². The first-order chi connectivity index (χ1) is 16.4. The number of hydrogen-bond acceptors (Lipinski definition) is 6. The molecule has 0 spiro atoms. The Morgan fingerprint density at radius 3 is 1.62 bits per heavy atom. The molecular formula is C24H14Cl3N2O4P. The summed E-state index contributed by atoms with van der Waals surface area (Å²) in [5.74, 6) is 0.567. The Morgan fingerprint density at radius 2 is 1.12 bits per heavy atom. The third-order valence-corrected chi connectivity index (χ3v) is 7.00. The van der Waals surface area contributed by atoms with Gasteiger partial charge in [-0.2, -0.15) is 4.57 Å². The average Bonchev–Trinajstić information content (AvgIpc) is 2.85. The second-order valence-corrected chi connectivity index (χ2v) is 9.76. The first kappa shape index (κ1) is 22.8. The highest BCUT2D eigenvalue weighted by Crippen LogP contribution is 2.52. The molecule has 2 aromatic heterocycles. The molecule has 0 radical (unpaired) electrons. The minimum atomic E-state index is -4.35. The molecule has 2 heterocycles. The number of fused-ring (bicyclic) bond motifs is 2. The van der Waals surface area contributed by atoms with E-state index in [1.165, 1.54) is 0 Å². The number of phosphoric acid groups is 1. The maximum atomic E-state index is 14.0. The van der Waals surface area contributed by atoms with Gasteiger partial charge in [-0.3, -0.25) is 9.97 Å². The molecule has 3 aromatic carbocycles. The number of hydrogen-bond donors (Lipinski definition) is 0. The van der Waals surface area contributed by atoms with Gasteiger partial charge in [0, 0.05) is 28.2 Å². The van der Waals surface area contributed by atoms with E-state index >= 15 is 0 Å². The number of nitrogens with zero attached hydrogens (tertiary/aromatic N) is 2. The van der Waals surface area contributed by atoms with Gasteiger partial charge in [-0.05, 0) is 72.8 Å². The van der Waals surface area contributed by atoms with Crippen molar-refractivity contribution in [3.8, 4) is 17.2 Å². The van der Waals surface area contributed by atoms with Crippen molar-refractivity contribution in [1.82, 2.24) is 9.97 Å². The minimum Gasteiger partial charge on any atom is -0.386 e. The second kappa shape index (κ2) is 9.32. The maximum absolute atomic E-state index is 14.0. The number of benzene rings is 3. The van der Waals surface area contributed by atoms with Crippen molar-refractivity contribution < 1.29 is 18.1 Å². The van der Waals surface area contributed by atoms with Gasteiger partial charge < -0.3 is 13.6 Å². The highest BCUT2D eigenvalue weighted by atomic mass is 35.5. The van der Waals surface area contributed by atoms with E-state index in [0.717, 1.165) is 0 Å². The largest absolute Gasteiger partial charge is 0.647 e. The van der Waals surface area contributed by atoms with Crippen molar-refractivity contribution in [1.29, 1.82) is 0 Å². The van der Waals surface area contributed by atoms with E-state index < -0.39 is 7.82 Å². The van der Waals surface area contributed by atoms with Gasteiger partial charge in [0.15, 0.2) is 11.5 Å². The highest BCUT2D eigenvalue weighted by Gasteiger charge is 2.35. The van der Waals surface area contributed by atoms with Crippen LogP contribution in [0.15, 0.2) is 85.2 Å². The van der Waals surface area contributed by atoms with Crippen LogP contribution in [0.5, 0.6) is 17.2 Å². The summed E-state index contributed by atoms with van der Waals surface area (Å²) >= 11 is 18.6. The van der Waals surface area contributed by atoms with Gasteiger partial charge in [-0.25, -0.2) is 0 Å². The van der Waals surface area contributed by atoms with E-state index in [0.29, 0.717) is 36.9 Å². The topological polar surface area (TPSA) is 70.5 Å². The number of rotatable bonds is 6. The predicted octanol–water partition coefficient (Wildman–Crippen LogP) is 8.39. The molecular weight excluding hydrogens is 518 g/mol. The molecule has 170 valence electrons. The molecule has 0 atom stereocenters. The predicted molar refractivity (Wildman–Crippen MR) is 134 cm³/mol. The normalized spacial score (nSPS) is 11.5. The molecule has 0 aliphatic rings. The van der Waals surface area contributed by atoms with Gasteiger partial charge in [-0.15, -0.1) is 0 Å². The summed E-state index contributed by atoms with van der Waals surface area (Å²) < 4.78 is 31.6. The van der Waals surface area contributed by atoms with Crippen LogP contribution in [0.2, 0.25) is 15.1 Å². The quantitative estimate of drug-likeness (QED) is 0.205. The third-order valence-electron chi connectivity index (χ3n) is 4.81. The van der Waals surface area contributed by atoms with Crippen molar-refractivity contribution in [3.05, 3.63) is 100 Å². The Bertz CT molecular complexity index is 1470. The molecule has 0 N–H and O–H groups in total. The fraction of sp³-hybridized carbons (Fsp3) is 0. The summed E-state index contributed by atoms with van der Waals surface area (Å²) in [6.45, 7) is 0. The molecule has 0 saturated heterocycles. The van der Waals surface area contributed by atoms with Crippen molar-refractivity contribution >= 4 is 64.4 Å². The lowest BCUT2D eigenvalue weighted by Gasteiger charge is -2.20. The zero-order valence-corrected chi connectivity index (χ0v) is 20.4. The number of aromatic nitrogens is 2. The van der Waals surface area contributed by atoms with E-state index in [9.17, 15) is 4.57 Å². The first-order valence-corrected chi connectivity index (χ1v) is 12.5. The highest BCUT2D eigenvalue weighted by molar-refractivity contribution is 7.49. The molecule has 0 bridgehead atoms. The summed E-state index contributed by atoms with van der Waals surface area (Å²) in [7, 11) is -4.35. The monoisotopic (exact) mass is 530 g/mol. The van der Waals surface area contributed by atoms with Gasteiger partial charge in [0.25, 0.3) is 0 Å². The van der Waals surface area contributed by atoms with E-state index in [-0.39, 0.29) is 17.2 Å². The summed E-state index contributed by atoms with van der Waals surface area (Å²) in [6, 6.07) is 19.7. The van der Waals surface area contributed by atoms with Gasteiger partial charge in [0.1, 0.15) is 16.8 Å². The zero-order valence-electron chi connectivity index (χ0n) is 17.2. The Morgan fingerprint density at radius 1 is 0.618 bits per heavy atom. The van der Waals surface area contributed by atoms with Crippen LogP contribution in [0.25, 0.3) is 21.8 Å². The SMILES string of the molecule is O=P(Oc1ccc(Cl)cc1)(Oc1ccc(Cl)c2cccnc12)Oc1ccc(Cl)c2cccnc12. The molecule has 0 fully saturated rings.